The first-order valence-corrected chi connectivity index (χ1v) is 7.90. The van der Waals surface area contributed by atoms with E-state index < -0.39 is 5.82 Å². The Morgan fingerprint density at radius 3 is 2.73 bits per heavy atom. The summed E-state index contributed by atoms with van der Waals surface area (Å²) in [6.45, 7) is 0.0914. The zero-order chi connectivity index (χ0) is 15.9. The van der Waals surface area contributed by atoms with E-state index in [1.165, 1.54) is 12.1 Å². The predicted octanol–water partition coefficient (Wildman–Crippen LogP) is 2.03. The highest BCUT2D eigenvalue weighted by Gasteiger charge is 2.47. The van der Waals surface area contributed by atoms with E-state index >= 15 is 0 Å². The van der Waals surface area contributed by atoms with Gasteiger partial charge in [0.25, 0.3) is 5.91 Å². The maximum atomic E-state index is 14.2. The normalized spacial score (nSPS) is 29.6. The fourth-order valence-electron chi connectivity index (χ4n) is 4.09. The molecule has 4 nitrogen and oxygen atoms in total. The number of benzene rings is 1. The molecule has 2 aliphatic carbocycles. The van der Waals surface area contributed by atoms with Crippen LogP contribution in [-0.2, 0) is 0 Å². The highest BCUT2D eigenvalue weighted by molar-refractivity contribution is 5.95. The van der Waals surface area contributed by atoms with E-state index in [9.17, 15) is 14.3 Å². The third kappa shape index (κ3) is 2.58. The van der Waals surface area contributed by atoms with Crippen molar-refractivity contribution in [2.75, 3.05) is 25.6 Å². The Hall–Kier alpha value is -1.62. The molecule has 0 spiro atoms. The number of rotatable bonds is 4. The lowest BCUT2D eigenvalue weighted by atomic mass is 9.85. The third-order valence-electron chi connectivity index (χ3n) is 5.31. The van der Waals surface area contributed by atoms with Crippen LogP contribution in [0.4, 0.5) is 10.1 Å². The standard InChI is InChI=1S/C17H23FN2O2/c1-20(2)12-5-6-13(15(18)8-12)17(22)19-16-11-4-3-10(7-11)14(16)9-21/h5-6,8,10-11,14,16,21H,3-4,7,9H2,1-2H3,(H,19,22)/t10-,11-,14-,16-/m0/s1. The topological polar surface area (TPSA) is 52.6 Å². The Morgan fingerprint density at radius 1 is 1.36 bits per heavy atom. The molecule has 0 aliphatic heterocycles. The number of fused-ring (bicyclic) bond motifs is 2. The molecule has 22 heavy (non-hydrogen) atoms. The number of halogens is 1. The molecule has 0 aromatic heterocycles. The van der Waals surface area contributed by atoms with Crippen molar-refractivity contribution < 1.29 is 14.3 Å². The first kappa shape index (κ1) is 15.3. The van der Waals surface area contributed by atoms with Gasteiger partial charge in [-0.05, 0) is 49.3 Å². The summed E-state index contributed by atoms with van der Waals surface area (Å²) in [5.41, 5.74) is 0.798. The van der Waals surface area contributed by atoms with Gasteiger partial charge in [0.05, 0.1) is 5.56 Å². The van der Waals surface area contributed by atoms with Crippen molar-refractivity contribution in [2.45, 2.75) is 25.3 Å². The number of nitrogens with one attached hydrogen (secondary N) is 1. The highest BCUT2D eigenvalue weighted by atomic mass is 19.1. The molecule has 2 N–H and O–H groups in total. The van der Waals surface area contributed by atoms with Crippen molar-refractivity contribution in [2.24, 2.45) is 17.8 Å². The number of aliphatic hydroxyl groups excluding tert-OH is 1. The van der Waals surface area contributed by atoms with Crippen LogP contribution in [-0.4, -0.2) is 37.8 Å². The van der Waals surface area contributed by atoms with Gasteiger partial charge in [-0.25, -0.2) is 4.39 Å². The highest BCUT2D eigenvalue weighted by Crippen LogP contribution is 2.48. The zero-order valence-electron chi connectivity index (χ0n) is 13.1. The van der Waals surface area contributed by atoms with Gasteiger partial charge in [0.2, 0.25) is 0 Å². The molecule has 120 valence electrons. The predicted molar refractivity (Wildman–Crippen MR) is 83.4 cm³/mol. The number of carbonyl (C=O) groups excluding carboxylic acids is 1. The van der Waals surface area contributed by atoms with Crippen LogP contribution in [0.25, 0.3) is 0 Å². The lowest BCUT2D eigenvalue weighted by molar-refractivity contribution is 0.0857. The zero-order valence-corrected chi connectivity index (χ0v) is 13.1. The molecule has 0 heterocycles. The molecular formula is C17H23FN2O2. The quantitative estimate of drug-likeness (QED) is 0.895. The molecule has 4 atom stereocenters. The minimum atomic E-state index is -0.507. The Kier molecular flexibility index (Phi) is 4.08. The number of hydrogen-bond donors (Lipinski definition) is 2. The second kappa shape index (κ2) is 5.88. The fraction of sp³-hybridized carbons (Fsp3) is 0.588. The molecule has 2 aliphatic rings. The third-order valence-corrected chi connectivity index (χ3v) is 5.31. The van der Waals surface area contributed by atoms with Crippen LogP contribution in [0.5, 0.6) is 0 Å². The largest absolute Gasteiger partial charge is 0.396 e. The van der Waals surface area contributed by atoms with Gasteiger partial charge in [-0.2, -0.15) is 0 Å². The smallest absolute Gasteiger partial charge is 0.254 e. The average Bonchev–Trinajstić information content (AvgIpc) is 3.07. The summed E-state index contributed by atoms with van der Waals surface area (Å²) in [5, 5.41) is 12.5. The molecule has 0 saturated heterocycles. The van der Waals surface area contributed by atoms with Gasteiger partial charge in [0.15, 0.2) is 0 Å². The molecule has 0 unspecified atom stereocenters. The van der Waals surface area contributed by atoms with E-state index in [0.717, 1.165) is 24.9 Å². The minimum Gasteiger partial charge on any atom is -0.396 e. The van der Waals surface area contributed by atoms with E-state index in [1.54, 1.807) is 11.0 Å². The maximum absolute atomic E-state index is 14.2. The van der Waals surface area contributed by atoms with Crippen LogP contribution in [0.1, 0.15) is 29.6 Å². The first-order chi connectivity index (χ1) is 10.5. The van der Waals surface area contributed by atoms with Gasteiger partial charge in [-0.15, -0.1) is 0 Å². The van der Waals surface area contributed by atoms with Crippen LogP contribution in [0, 0.1) is 23.6 Å². The first-order valence-electron chi connectivity index (χ1n) is 7.90. The van der Waals surface area contributed by atoms with Gasteiger partial charge < -0.3 is 15.3 Å². The van der Waals surface area contributed by atoms with Gasteiger partial charge >= 0.3 is 0 Å². The van der Waals surface area contributed by atoms with Crippen LogP contribution >= 0.6 is 0 Å². The molecule has 2 saturated carbocycles. The Morgan fingerprint density at radius 2 is 2.09 bits per heavy atom. The molecule has 3 rings (SSSR count). The van der Waals surface area contributed by atoms with Gasteiger partial charge in [0, 0.05) is 38.3 Å². The second-order valence-electron chi connectivity index (χ2n) is 6.74. The van der Waals surface area contributed by atoms with E-state index in [0.29, 0.717) is 11.8 Å². The van der Waals surface area contributed by atoms with Crippen molar-refractivity contribution in [3.63, 3.8) is 0 Å². The van der Waals surface area contributed by atoms with Crippen molar-refractivity contribution in [1.29, 1.82) is 0 Å². The van der Waals surface area contributed by atoms with Gasteiger partial charge in [-0.1, -0.05) is 0 Å². The minimum absolute atomic E-state index is 0.0239. The van der Waals surface area contributed by atoms with Gasteiger partial charge in [-0.3, -0.25) is 4.79 Å². The lowest BCUT2D eigenvalue weighted by Gasteiger charge is -2.30. The number of hydrogen-bond acceptors (Lipinski definition) is 3. The Bertz CT molecular complexity index is 576. The molecule has 2 bridgehead atoms. The average molecular weight is 306 g/mol. The summed E-state index contributed by atoms with van der Waals surface area (Å²) in [7, 11) is 3.66. The number of aliphatic hydroxyl groups is 1. The molecular weight excluding hydrogens is 283 g/mol. The van der Waals surface area contributed by atoms with Crippen LogP contribution in [0.15, 0.2) is 18.2 Å². The van der Waals surface area contributed by atoms with Crippen LogP contribution < -0.4 is 10.2 Å². The summed E-state index contributed by atoms with van der Waals surface area (Å²) >= 11 is 0. The molecule has 1 amide bonds. The Balaban J connectivity index is 1.75. The molecule has 1 aromatic rings. The molecule has 2 fully saturated rings. The van der Waals surface area contributed by atoms with Crippen LogP contribution in [0.2, 0.25) is 0 Å². The lowest BCUT2D eigenvalue weighted by Crippen LogP contribution is -2.45. The van der Waals surface area contributed by atoms with E-state index in [2.05, 4.69) is 5.32 Å². The Labute approximate surface area is 130 Å². The maximum Gasteiger partial charge on any atom is 0.254 e. The van der Waals surface area contributed by atoms with Crippen LogP contribution in [0.3, 0.4) is 0 Å². The van der Waals surface area contributed by atoms with E-state index in [-0.39, 0.29) is 30.0 Å². The number of anilines is 1. The number of carbonyl (C=O) groups is 1. The van der Waals surface area contributed by atoms with E-state index in [1.807, 2.05) is 14.1 Å². The molecule has 5 heteroatoms. The number of amides is 1. The molecule has 1 aromatic carbocycles. The molecule has 0 radical (unpaired) electrons. The number of nitrogens with zero attached hydrogens (tertiary/aromatic N) is 1. The SMILES string of the molecule is CN(C)c1ccc(C(=O)N[C@H]2[C@H]3CC[C@@H](C3)[C@@H]2CO)c(F)c1. The van der Waals surface area contributed by atoms with Gasteiger partial charge in [0.1, 0.15) is 5.82 Å². The van der Waals surface area contributed by atoms with Crippen molar-refractivity contribution in [3.8, 4) is 0 Å². The fourth-order valence-corrected chi connectivity index (χ4v) is 4.09. The van der Waals surface area contributed by atoms with Crippen molar-refractivity contribution in [1.82, 2.24) is 5.32 Å². The second-order valence-corrected chi connectivity index (χ2v) is 6.74. The summed E-state index contributed by atoms with van der Waals surface area (Å²) in [6, 6.07) is 4.62. The summed E-state index contributed by atoms with van der Waals surface area (Å²) in [6.07, 6.45) is 3.29. The monoisotopic (exact) mass is 306 g/mol. The van der Waals surface area contributed by atoms with E-state index in [4.69, 9.17) is 0 Å². The summed E-state index contributed by atoms with van der Waals surface area (Å²) < 4.78 is 14.2. The van der Waals surface area contributed by atoms with Crippen molar-refractivity contribution >= 4 is 11.6 Å². The summed E-state index contributed by atoms with van der Waals surface area (Å²) in [4.78, 5) is 14.2. The van der Waals surface area contributed by atoms with Crippen molar-refractivity contribution in [3.05, 3.63) is 29.6 Å². The summed E-state index contributed by atoms with van der Waals surface area (Å²) in [5.74, 6) is 0.162.